The van der Waals surface area contributed by atoms with Crippen LogP contribution < -0.4 is 4.74 Å². The Balaban J connectivity index is 1.30. The highest BCUT2D eigenvalue weighted by Crippen LogP contribution is 2.30. The van der Waals surface area contributed by atoms with Crippen LogP contribution in [0.25, 0.3) is 0 Å². The van der Waals surface area contributed by atoms with Crippen LogP contribution in [-0.4, -0.2) is 45.8 Å². The van der Waals surface area contributed by atoms with E-state index in [1.807, 2.05) is 48.5 Å². The number of benzene rings is 3. The molecule has 0 radical (unpaired) electrons. The van der Waals surface area contributed by atoms with E-state index in [0.29, 0.717) is 4.90 Å². The van der Waals surface area contributed by atoms with E-state index < -0.39 is 9.84 Å². The van der Waals surface area contributed by atoms with Crippen LogP contribution in [0, 0.1) is 5.92 Å². The molecular weight excluding hydrogens is 442 g/mol. The van der Waals surface area contributed by atoms with E-state index in [-0.39, 0.29) is 5.92 Å². The maximum atomic E-state index is 11.9. The predicted octanol–water partition coefficient (Wildman–Crippen LogP) is 5.79. The van der Waals surface area contributed by atoms with E-state index in [1.165, 1.54) is 30.2 Å². The van der Waals surface area contributed by atoms with Gasteiger partial charge in [0.15, 0.2) is 9.84 Å². The van der Waals surface area contributed by atoms with Crippen molar-refractivity contribution in [1.29, 1.82) is 0 Å². The van der Waals surface area contributed by atoms with Gasteiger partial charge in [0.2, 0.25) is 0 Å². The van der Waals surface area contributed by atoms with Crippen molar-refractivity contribution in [2.24, 2.45) is 5.92 Å². The summed E-state index contributed by atoms with van der Waals surface area (Å²) in [4.78, 5) is 2.96. The highest BCUT2D eigenvalue weighted by molar-refractivity contribution is 7.90. The molecule has 4 rings (SSSR count). The largest absolute Gasteiger partial charge is 0.494 e. The summed E-state index contributed by atoms with van der Waals surface area (Å²) in [5, 5.41) is 0. The first kappa shape index (κ1) is 24.5. The van der Waals surface area contributed by atoms with Gasteiger partial charge in [0.1, 0.15) is 5.75 Å². The molecule has 1 atom stereocenters. The van der Waals surface area contributed by atoms with Crippen molar-refractivity contribution in [3.8, 4) is 5.75 Å². The molecule has 4 nitrogen and oxygen atoms in total. The van der Waals surface area contributed by atoms with Gasteiger partial charge in [0, 0.05) is 12.2 Å². The normalized spacial score (nSPS) is 16.3. The first-order valence-corrected chi connectivity index (χ1v) is 14.1. The van der Waals surface area contributed by atoms with Gasteiger partial charge in [-0.05, 0) is 86.6 Å². The van der Waals surface area contributed by atoms with Gasteiger partial charge in [-0.1, -0.05) is 60.7 Å². The molecule has 0 aromatic heterocycles. The second kappa shape index (κ2) is 11.7. The summed E-state index contributed by atoms with van der Waals surface area (Å²) in [6.45, 7) is 4.09. The zero-order valence-electron chi connectivity index (χ0n) is 20.0. The van der Waals surface area contributed by atoms with Crippen molar-refractivity contribution in [3.63, 3.8) is 0 Å². The van der Waals surface area contributed by atoms with Crippen LogP contribution in [0.5, 0.6) is 5.75 Å². The standard InChI is InChI=1S/C29H35NO3S/c1-34(31,32)28-14-12-26(13-15-28)29(25-8-4-2-5-9-25)18-22-30-20-16-24(17-21-30)19-23-33-27-10-6-3-7-11-27/h2-15,24,29H,16-23H2,1H3. The van der Waals surface area contributed by atoms with Gasteiger partial charge in [-0.2, -0.15) is 0 Å². The zero-order chi connectivity index (χ0) is 23.8. The number of rotatable bonds is 10. The third-order valence-electron chi connectivity index (χ3n) is 6.89. The van der Waals surface area contributed by atoms with Gasteiger partial charge >= 0.3 is 0 Å². The van der Waals surface area contributed by atoms with Crippen LogP contribution in [0.4, 0.5) is 0 Å². The molecule has 0 amide bonds. The lowest BCUT2D eigenvalue weighted by Crippen LogP contribution is -2.35. The molecule has 1 fully saturated rings. The molecule has 1 aliphatic heterocycles. The third-order valence-corrected chi connectivity index (χ3v) is 8.02. The first-order chi connectivity index (χ1) is 16.5. The average Bonchev–Trinajstić information content (AvgIpc) is 2.86. The summed E-state index contributed by atoms with van der Waals surface area (Å²) in [6.07, 6.45) is 5.83. The van der Waals surface area contributed by atoms with Crippen LogP contribution in [0.3, 0.4) is 0 Å². The second-order valence-corrected chi connectivity index (χ2v) is 11.3. The van der Waals surface area contributed by atoms with Crippen LogP contribution >= 0.6 is 0 Å². The fraction of sp³-hybridized carbons (Fsp3) is 0.379. The van der Waals surface area contributed by atoms with E-state index in [0.717, 1.165) is 50.8 Å². The quantitative estimate of drug-likeness (QED) is 0.371. The molecule has 1 unspecified atom stereocenters. The monoisotopic (exact) mass is 477 g/mol. The number of para-hydroxylation sites is 1. The Labute approximate surface area is 204 Å². The van der Waals surface area contributed by atoms with Crippen molar-refractivity contribution >= 4 is 9.84 Å². The van der Waals surface area contributed by atoms with Crippen molar-refractivity contribution in [3.05, 3.63) is 96.1 Å². The molecule has 0 N–H and O–H groups in total. The molecular formula is C29H35NO3S. The van der Waals surface area contributed by atoms with Crippen molar-refractivity contribution in [2.45, 2.75) is 36.5 Å². The fourth-order valence-corrected chi connectivity index (χ4v) is 5.46. The minimum Gasteiger partial charge on any atom is -0.494 e. The number of ether oxygens (including phenoxy) is 1. The molecule has 3 aromatic rings. The summed E-state index contributed by atoms with van der Waals surface area (Å²) in [6, 6.07) is 28.0. The molecule has 0 bridgehead atoms. The summed E-state index contributed by atoms with van der Waals surface area (Å²) in [5.41, 5.74) is 2.45. The number of hydrogen-bond acceptors (Lipinski definition) is 4. The maximum absolute atomic E-state index is 11.9. The van der Waals surface area contributed by atoms with E-state index >= 15 is 0 Å². The Bertz CT molecular complexity index is 1110. The Morgan fingerprint density at radius 1 is 0.853 bits per heavy atom. The highest BCUT2D eigenvalue weighted by atomic mass is 32.2. The Hall–Kier alpha value is -2.63. The van der Waals surface area contributed by atoms with Crippen molar-refractivity contribution in [2.75, 3.05) is 32.5 Å². The molecule has 0 saturated carbocycles. The van der Waals surface area contributed by atoms with Crippen LogP contribution in [0.1, 0.15) is 42.7 Å². The molecule has 3 aromatic carbocycles. The van der Waals surface area contributed by atoms with E-state index in [1.54, 1.807) is 12.1 Å². The van der Waals surface area contributed by atoms with Gasteiger partial charge in [0.05, 0.1) is 11.5 Å². The minimum absolute atomic E-state index is 0.256. The Morgan fingerprint density at radius 3 is 2.06 bits per heavy atom. The highest BCUT2D eigenvalue weighted by Gasteiger charge is 2.21. The number of nitrogens with zero attached hydrogens (tertiary/aromatic N) is 1. The second-order valence-electron chi connectivity index (χ2n) is 9.33. The molecule has 1 aliphatic rings. The molecule has 1 heterocycles. The van der Waals surface area contributed by atoms with Gasteiger partial charge in [0.25, 0.3) is 0 Å². The van der Waals surface area contributed by atoms with Crippen molar-refractivity contribution < 1.29 is 13.2 Å². The average molecular weight is 478 g/mol. The van der Waals surface area contributed by atoms with Crippen LogP contribution in [-0.2, 0) is 9.84 Å². The van der Waals surface area contributed by atoms with Gasteiger partial charge in [-0.25, -0.2) is 8.42 Å². The molecule has 0 aliphatic carbocycles. The van der Waals surface area contributed by atoms with E-state index in [4.69, 9.17) is 4.74 Å². The third kappa shape index (κ3) is 6.94. The number of likely N-dealkylation sites (tertiary alicyclic amines) is 1. The van der Waals surface area contributed by atoms with Gasteiger partial charge < -0.3 is 9.64 Å². The van der Waals surface area contributed by atoms with E-state index in [2.05, 4.69) is 29.2 Å². The summed E-state index contributed by atoms with van der Waals surface area (Å²) < 4.78 is 29.6. The fourth-order valence-electron chi connectivity index (χ4n) is 4.83. The lowest BCUT2D eigenvalue weighted by atomic mass is 9.87. The summed E-state index contributed by atoms with van der Waals surface area (Å²) in [5.74, 6) is 1.94. The topological polar surface area (TPSA) is 46.6 Å². The maximum Gasteiger partial charge on any atom is 0.175 e. The SMILES string of the molecule is CS(=O)(=O)c1ccc(C(CCN2CCC(CCOc3ccccc3)CC2)c2ccccc2)cc1. The Kier molecular flexibility index (Phi) is 8.41. The number of sulfone groups is 1. The molecule has 0 spiro atoms. The minimum atomic E-state index is -3.18. The first-order valence-electron chi connectivity index (χ1n) is 12.2. The zero-order valence-corrected chi connectivity index (χ0v) is 20.8. The van der Waals surface area contributed by atoms with Gasteiger partial charge in [-0.3, -0.25) is 0 Å². The number of piperidine rings is 1. The molecule has 180 valence electrons. The summed E-state index contributed by atoms with van der Waals surface area (Å²) >= 11 is 0. The van der Waals surface area contributed by atoms with E-state index in [9.17, 15) is 8.42 Å². The lowest BCUT2D eigenvalue weighted by Gasteiger charge is -2.33. The predicted molar refractivity (Wildman–Crippen MR) is 138 cm³/mol. The molecule has 1 saturated heterocycles. The molecule has 5 heteroatoms. The smallest absolute Gasteiger partial charge is 0.175 e. The van der Waals surface area contributed by atoms with Gasteiger partial charge in [-0.15, -0.1) is 0 Å². The summed E-state index contributed by atoms with van der Waals surface area (Å²) in [7, 11) is -3.18. The van der Waals surface area contributed by atoms with Crippen LogP contribution in [0.2, 0.25) is 0 Å². The Morgan fingerprint density at radius 2 is 1.44 bits per heavy atom. The molecule has 34 heavy (non-hydrogen) atoms. The number of hydrogen-bond donors (Lipinski definition) is 0. The van der Waals surface area contributed by atoms with Crippen LogP contribution in [0.15, 0.2) is 89.8 Å². The van der Waals surface area contributed by atoms with Crippen molar-refractivity contribution in [1.82, 2.24) is 4.90 Å². The lowest BCUT2D eigenvalue weighted by molar-refractivity contribution is 0.160.